The molecule has 0 aromatic heterocycles. The van der Waals surface area contributed by atoms with Gasteiger partial charge in [0.2, 0.25) is 0 Å². The molecule has 214 valence electrons. The van der Waals surface area contributed by atoms with Crippen LogP contribution in [0.4, 0.5) is 10.5 Å². The fourth-order valence-corrected chi connectivity index (χ4v) is 5.35. The highest BCUT2D eigenvalue weighted by Gasteiger charge is 2.35. The molecule has 3 aromatic rings. The van der Waals surface area contributed by atoms with Gasteiger partial charge in [-0.1, -0.05) is 49.7 Å². The van der Waals surface area contributed by atoms with Crippen LogP contribution in [0.5, 0.6) is 17.2 Å². The molecule has 1 aliphatic heterocycles. The van der Waals surface area contributed by atoms with E-state index in [-0.39, 0.29) is 52.3 Å². The van der Waals surface area contributed by atoms with Gasteiger partial charge in [-0.15, -0.1) is 0 Å². The standard InChI is InChI=1S/C30H29ClN2O7S/c1-18(2)23-9-8-19(3)12-25(23)39-11-10-32-29(34)27(41-30(32)35)16-21-14-24(31)28(26(15-21)38-4)40-17-20-6-5-7-22(13-20)33(36)37/h5-9,12-16,18H,10-11,17H2,1-4H3/b27-16-. The van der Waals surface area contributed by atoms with Crippen molar-refractivity contribution in [2.45, 2.75) is 33.3 Å². The van der Waals surface area contributed by atoms with E-state index in [1.54, 1.807) is 30.3 Å². The van der Waals surface area contributed by atoms with E-state index in [1.165, 1.54) is 19.2 Å². The van der Waals surface area contributed by atoms with E-state index in [9.17, 15) is 19.7 Å². The largest absolute Gasteiger partial charge is 0.493 e. The quantitative estimate of drug-likeness (QED) is 0.128. The second-order valence-corrected chi connectivity index (χ2v) is 11.0. The molecular formula is C30H29ClN2O7S. The summed E-state index contributed by atoms with van der Waals surface area (Å²) in [4.78, 5) is 37.7. The summed E-state index contributed by atoms with van der Waals surface area (Å²) in [5, 5.41) is 10.9. The minimum Gasteiger partial charge on any atom is -0.493 e. The fraction of sp³-hybridized carbons (Fsp3) is 0.267. The van der Waals surface area contributed by atoms with Gasteiger partial charge in [0.15, 0.2) is 11.5 Å². The average Bonchev–Trinajstić information content (AvgIpc) is 3.19. The number of thioether (sulfide) groups is 1. The summed E-state index contributed by atoms with van der Waals surface area (Å²) in [6.07, 6.45) is 1.57. The first-order valence-electron chi connectivity index (χ1n) is 12.8. The number of carbonyl (C=O) groups excluding carboxylic acids is 2. The smallest absolute Gasteiger partial charge is 0.293 e. The second-order valence-electron chi connectivity index (χ2n) is 9.63. The summed E-state index contributed by atoms with van der Waals surface area (Å²) in [5.41, 5.74) is 3.20. The monoisotopic (exact) mass is 596 g/mol. The zero-order valence-corrected chi connectivity index (χ0v) is 24.6. The molecule has 0 radical (unpaired) electrons. The number of rotatable bonds is 11. The molecule has 2 amide bonds. The van der Waals surface area contributed by atoms with Crippen molar-refractivity contribution in [2.75, 3.05) is 20.3 Å². The van der Waals surface area contributed by atoms with Crippen molar-refractivity contribution in [1.82, 2.24) is 4.90 Å². The fourth-order valence-electron chi connectivity index (χ4n) is 4.21. The molecule has 0 unspecified atom stereocenters. The maximum absolute atomic E-state index is 13.1. The van der Waals surface area contributed by atoms with Crippen molar-refractivity contribution in [3.8, 4) is 17.2 Å². The molecule has 3 aromatic carbocycles. The van der Waals surface area contributed by atoms with Gasteiger partial charge >= 0.3 is 0 Å². The molecule has 0 saturated carbocycles. The summed E-state index contributed by atoms with van der Waals surface area (Å²) in [6, 6.07) is 15.3. The van der Waals surface area contributed by atoms with Crippen LogP contribution >= 0.6 is 23.4 Å². The molecule has 9 nitrogen and oxygen atoms in total. The SMILES string of the molecule is COc1cc(/C=C2\SC(=O)N(CCOc3cc(C)ccc3C(C)C)C2=O)cc(Cl)c1OCc1cccc([N+](=O)[O-])c1. The molecule has 41 heavy (non-hydrogen) atoms. The molecular weight excluding hydrogens is 568 g/mol. The third-order valence-corrected chi connectivity index (χ3v) is 7.48. The number of imide groups is 1. The normalized spacial score (nSPS) is 14.2. The van der Waals surface area contributed by atoms with Crippen molar-refractivity contribution in [3.05, 3.63) is 96.9 Å². The Morgan fingerprint density at radius 3 is 2.56 bits per heavy atom. The minimum atomic E-state index is -0.479. The van der Waals surface area contributed by atoms with Gasteiger partial charge in [-0.3, -0.25) is 24.6 Å². The first kappa shape index (κ1) is 30.0. The third kappa shape index (κ3) is 7.20. The van der Waals surface area contributed by atoms with Crippen LogP contribution in [-0.2, 0) is 11.4 Å². The van der Waals surface area contributed by atoms with Crippen molar-refractivity contribution in [1.29, 1.82) is 0 Å². The lowest BCUT2D eigenvalue weighted by Crippen LogP contribution is -2.32. The van der Waals surface area contributed by atoms with Crippen molar-refractivity contribution in [3.63, 3.8) is 0 Å². The molecule has 1 fully saturated rings. The number of ether oxygens (including phenoxy) is 3. The Bertz CT molecular complexity index is 1520. The summed E-state index contributed by atoms with van der Waals surface area (Å²) < 4.78 is 17.2. The lowest BCUT2D eigenvalue weighted by Gasteiger charge is -2.17. The molecule has 0 spiro atoms. The molecule has 0 N–H and O–H groups in total. The number of carbonyl (C=O) groups is 2. The second kappa shape index (κ2) is 13.1. The lowest BCUT2D eigenvalue weighted by molar-refractivity contribution is -0.384. The predicted molar refractivity (Wildman–Crippen MR) is 159 cm³/mol. The van der Waals surface area contributed by atoms with Crippen LogP contribution in [-0.4, -0.2) is 41.2 Å². The van der Waals surface area contributed by atoms with Crippen LogP contribution in [0.1, 0.15) is 42.0 Å². The van der Waals surface area contributed by atoms with Crippen LogP contribution in [0, 0.1) is 17.0 Å². The number of nitro groups is 1. The Labute approximate surface area is 247 Å². The molecule has 11 heteroatoms. The van der Waals surface area contributed by atoms with E-state index < -0.39 is 10.8 Å². The van der Waals surface area contributed by atoms with E-state index in [4.69, 9.17) is 25.8 Å². The number of hydrogen-bond acceptors (Lipinski definition) is 8. The molecule has 0 atom stereocenters. The molecule has 0 aliphatic carbocycles. The van der Waals surface area contributed by atoms with Crippen LogP contribution in [0.3, 0.4) is 0 Å². The Balaban J connectivity index is 1.45. The van der Waals surface area contributed by atoms with Crippen LogP contribution in [0.25, 0.3) is 6.08 Å². The number of nitrogens with zero attached hydrogens (tertiary/aromatic N) is 2. The number of aryl methyl sites for hydroxylation is 1. The van der Waals surface area contributed by atoms with Gasteiger partial charge in [-0.25, -0.2) is 0 Å². The molecule has 0 bridgehead atoms. The van der Waals surface area contributed by atoms with Crippen LogP contribution in [0.2, 0.25) is 5.02 Å². The lowest BCUT2D eigenvalue weighted by atomic mass is 10.0. The summed E-state index contributed by atoms with van der Waals surface area (Å²) >= 11 is 7.33. The van der Waals surface area contributed by atoms with Crippen molar-refractivity contribution in [2.24, 2.45) is 0 Å². The van der Waals surface area contributed by atoms with Gasteiger partial charge in [0.1, 0.15) is 19.0 Å². The van der Waals surface area contributed by atoms with E-state index in [1.807, 2.05) is 25.1 Å². The van der Waals surface area contributed by atoms with Gasteiger partial charge in [0.25, 0.3) is 16.8 Å². The number of hydrogen-bond donors (Lipinski definition) is 0. The number of methoxy groups -OCH3 is 1. The van der Waals surface area contributed by atoms with Crippen molar-refractivity contribution < 1.29 is 28.7 Å². The highest BCUT2D eigenvalue weighted by molar-refractivity contribution is 8.18. The van der Waals surface area contributed by atoms with E-state index >= 15 is 0 Å². The number of halogens is 1. The summed E-state index contributed by atoms with van der Waals surface area (Å²) in [5.74, 6) is 1.15. The zero-order valence-electron chi connectivity index (χ0n) is 23.0. The van der Waals surface area contributed by atoms with Crippen molar-refractivity contribution >= 4 is 46.3 Å². The maximum atomic E-state index is 13.1. The minimum absolute atomic E-state index is 0.0271. The first-order chi connectivity index (χ1) is 19.6. The molecule has 1 heterocycles. The maximum Gasteiger partial charge on any atom is 0.293 e. The van der Waals surface area contributed by atoms with E-state index in [0.29, 0.717) is 16.9 Å². The first-order valence-corrected chi connectivity index (χ1v) is 14.0. The van der Waals surface area contributed by atoms with Gasteiger partial charge < -0.3 is 14.2 Å². The Morgan fingerprint density at radius 2 is 1.85 bits per heavy atom. The third-order valence-electron chi connectivity index (χ3n) is 6.29. The van der Waals surface area contributed by atoms with E-state index in [0.717, 1.165) is 33.5 Å². The predicted octanol–water partition coefficient (Wildman–Crippen LogP) is 7.38. The molecule has 4 rings (SSSR count). The number of benzene rings is 3. The Kier molecular flexibility index (Phi) is 9.57. The van der Waals surface area contributed by atoms with Crippen LogP contribution < -0.4 is 14.2 Å². The van der Waals surface area contributed by atoms with E-state index in [2.05, 4.69) is 13.8 Å². The Hall–Kier alpha value is -4.02. The number of nitro benzene ring substituents is 1. The number of non-ortho nitro benzene ring substituents is 1. The van der Waals surface area contributed by atoms with Gasteiger partial charge in [0, 0.05) is 12.1 Å². The average molecular weight is 597 g/mol. The highest BCUT2D eigenvalue weighted by Crippen LogP contribution is 2.39. The van der Waals surface area contributed by atoms with Gasteiger partial charge in [-0.05, 0) is 71.1 Å². The number of amides is 2. The van der Waals surface area contributed by atoms with Gasteiger partial charge in [-0.2, -0.15) is 0 Å². The summed E-state index contributed by atoms with van der Waals surface area (Å²) in [6.45, 7) is 6.45. The van der Waals surface area contributed by atoms with Crippen LogP contribution in [0.15, 0.2) is 59.5 Å². The molecule has 1 aliphatic rings. The van der Waals surface area contributed by atoms with Gasteiger partial charge in [0.05, 0.1) is 28.5 Å². The molecule has 1 saturated heterocycles. The highest BCUT2D eigenvalue weighted by atomic mass is 35.5. The summed E-state index contributed by atoms with van der Waals surface area (Å²) in [7, 11) is 1.45. The zero-order chi connectivity index (χ0) is 29.7. The Morgan fingerprint density at radius 1 is 1.07 bits per heavy atom. The topological polar surface area (TPSA) is 108 Å².